The van der Waals surface area contributed by atoms with Gasteiger partial charge in [0.25, 0.3) is 11.6 Å². The Morgan fingerprint density at radius 2 is 2.03 bits per heavy atom. The van der Waals surface area contributed by atoms with Crippen LogP contribution in [0.2, 0.25) is 0 Å². The van der Waals surface area contributed by atoms with Crippen molar-refractivity contribution in [1.29, 1.82) is 0 Å². The van der Waals surface area contributed by atoms with Gasteiger partial charge in [-0.3, -0.25) is 14.9 Å². The van der Waals surface area contributed by atoms with Crippen molar-refractivity contribution in [3.63, 3.8) is 0 Å². The van der Waals surface area contributed by atoms with Crippen LogP contribution in [0.1, 0.15) is 47.7 Å². The fourth-order valence-corrected chi connectivity index (χ4v) is 3.43. The van der Waals surface area contributed by atoms with Gasteiger partial charge in [0.2, 0.25) is 0 Å². The minimum Gasteiger partial charge on any atom is -0.455 e. The Balaban J connectivity index is 1.95. The first kappa shape index (κ1) is 20.1. The van der Waals surface area contributed by atoms with Crippen LogP contribution in [0.4, 0.5) is 16.2 Å². The summed E-state index contributed by atoms with van der Waals surface area (Å²) in [5, 5.41) is 17.6. The summed E-state index contributed by atoms with van der Waals surface area (Å²) in [6, 6.07) is 4.85. The Bertz CT molecular complexity index is 1040. The molecule has 1 heterocycles. The SMILES string of the molecule is Cc1c(C(=O)Nc2cccc([N+](=O)[O-])c2)oc2c1/C(=N\NC(N)=O)CC(C)(C)C2. The summed E-state index contributed by atoms with van der Waals surface area (Å²) in [6.07, 6.45) is 1.15. The molecule has 3 amide bonds. The molecule has 1 aliphatic rings. The van der Waals surface area contributed by atoms with Gasteiger partial charge in [-0.2, -0.15) is 5.10 Å². The molecule has 0 saturated carbocycles. The second kappa shape index (κ2) is 7.38. The molecule has 1 aliphatic carbocycles. The zero-order valence-electron chi connectivity index (χ0n) is 16.2. The Kier molecular flexibility index (Phi) is 5.10. The number of non-ortho nitro benzene ring substituents is 1. The second-order valence-electron chi connectivity index (χ2n) is 7.67. The summed E-state index contributed by atoms with van der Waals surface area (Å²) in [5.74, 6) is 0.149. The molecule has 10 nitrogen and oxygen atoms in total. The van der Waals surface area contributed by atoms with Gasteiger partial charge in [-0.25, -0.2) is 10.2 Å². The van der Waals surface area contributed by atoms with Crippen LogP contribution in [0.25, 0.3) is 0 Å². The first-order valence-electron chi connectivity index (χ1n) is 8.88. The summed E-state index contributed by atoms with van der Waals surface area (Å²) >= 11 is 0. The number of nitrogens with zero attached hydrogens (tertiary/aromatic N) is 2. The Morgan fingerprint density at radius 3 is 2.69 bits per heavy atom. The van der Waals surface area contributed by atoms with Crippen LogP contribution in [0.15, 0.2) is 33.8 Å². The molecule has 1 aromatic heterocycles. The van der Waals surface area contributed by atoms with Gasteiger partial charge in [0.05, 0.1) is 10.6 Å². The van der Waals surface area contributed by atoms with E-state index >= 15 is 0 Å². The number of furan rings is 1. The second-order valence-corrected chi connectivity index (χ2v) is 7.67. The van der Waals surface area contributed by atoms with E-state index in [9.17, 15) is 19.7 Å². The van der Waals surface area contributed by atoms with Crippen LogP contribution in [-0.2, 0) is 6.42 Å². The van der Waals surface area contributed by atoms with Crippen LogP contribution in [0.5, 0.6) is 0 Å². The lowest BCUT2D eigenvalue weighted by molar-refractivity contribution is -0.384. The first-order chi connectivity index (χ1) is 13.6. The number of nitrogens with two attached hydrogens (primary N) is 1. The average molecular weight is 399 g/mol. The average Bonchev–Trinajstić information content (AvgIpc) is 2.95. The minimum atomic E-state index is -0.785. The Morgan fingerprint density at radius 1 is 1.31 bits per heavy atom. The molecule has 0 atom stereocenters. The fourth-order valence-electron chi connectivity index (χ4n) is 3.43. The number of nitro groups is 1. The third-order valence-electron chi connectivity index (χ3n) is 4.62. The number of amides is 3. The number of urea groups is 1. The number of hydrazone groups is 1. The van der Waals surface area contributed by atoms with Gasteiger partial charge in [0, 0.05) is 35.4 Å². The lowest BCUT2D eigenvalue weighted by Crippen LogP contribution is -2.31. The van der Waals surface area contributed by atoms with Crippen molar-refractivity contribution in [2.45, 2.75) is 33.6 Å². The largest absolute Gasteiger partial charge is 0.455 e. The van der Waals surface area contributed by atoms with Gasteiger partial charge in [0.15, 0.2) is 5.76 Å². The molecule has 1 aromatic carbocycles. The zero-order valence-corrected chi connectivity index (χ0v) is 16.2. The number of nitrogens with one attached hydrogen (secondary N) is 2. The van der Waals surface area contributed by atoms with Crippen LogP contribution in [-0.4, -0.2) is 22.6 Å². The van der Waals surface area contributed by atoms with Gasteiger partial charge in [-0.15, -0.1) is 0 Å². The van der Waals surface area contributed by atoms with E-state index in [1.165, 1.54) is 18.2 Å². The maximum atomic E-state index is 12.8. The molecule has 0 spiro atoms. The number of anilines is 1. The molecule has 29 heavy (non-hydrogen) atoms. The van der Waals surface area contributed by atoms with Crippen molar-refractivity contribution < 1.29 is 18.9 Å². The van der Waals surface area contributed by atoms with Crippen molar-refractivity contribution in [2.24, 2.45) is 16.3 Å². The minimum absolute atomic E-state index is 0.0889. The highest BCUT2D eigenvalue weighted by Gasteiger charge is 2.36. The topological polar surface area (TPSA) is 153 Å². The Hall–Kier alpha value is -3.69. The van der Waals surface area contributed by atoms with Crippen molar-refractivity contribution in [3.8, 4) is 0 Å². The van der Waals surface area contributed by atoms with E-state index in [4.69, 9.17) is 10.2 Å². The molecule has 0 radical (unpaired) electrons. The summed E-state index contributed by atoms with van der Waals surface area (Å²) in [4.78, 5) is 34.2. The standard InChI is InChI=1S/C19H21N5O5/c1-10-15-13(22-23-18(20)26)8-19(2,3)9-14(15)29-16(10)17(25)21-11-5-4-6-12(7-11)24(27)28/h4-7H,8-9H2,1-3H3,(H,21,25)(H3,20,23,26)/b22-13-. The van der Waals surface area contributed by atoms with E-state index in [1.54, 1.807) is 13.0 Å². The molecule has 0 bridgehead atoms. The van der Waals surface area contributed by atoms with Gasteiger partial charge in [0.1, 0.15) is 5.76 Å². The molecule has 0 aliphatic heterocycles. The third kappa shape index (κ3) is 4.26. The lowest BCUT2D eigenvalue weighted by atomic mass is 9.75. The molecular formula is C19H21N5O5. The summed E-state index contributed by atoms with van der Waals surface area (Å²) < 4.78 is 5.85. The Labute approximate surface area is 166 Å². The monoisotopic (exact) mass is 399 g/mol. The fraction of sp³-hybridized carbons (Fsp3) is 0.316. The number of hydrogen-bond acceptors (Lipinski definition) is 6. The quantitative estimate of drug-likeness (QED) is 0.532. The van der Waals surface area contributed by atoms with Crippen molar-refractivity contribution in [2.75, 3.05) is 5.32 Å². The van der Waals surface area contributed by atoms with Gasteiger partial charge >= 0.3 is 6.03 Å². The number of benzene rings is 1. The van der Waals surface area contributed by atoms with Gasteiger partial charge < -0.3 is 15.5 Å². The summed E-state index contributed by atoms with van der Waals surface area (Å²) in [5.41, 5.74) is 9.13. The number of hydrogen-bond donors (Lipinski definition) is 3. The van der Waals surface area contributed by atoms with E-state index in [0.717, 1.165) is 0 Å². The highest BCUT2D eigenvalue weighted by molar-refractivity contribution is 6.09. The molecular weight excluding hydrogens is 378 g/mol. The van der Waals surface area contributed by atoms with E-state index < -0.39 is 16.9 Å². The number of nitro benzene ring substituents is 1. The maximum absolute atomic E-state index is 12.8. The normalized spacial score (nSPS) is 16.2. The molecule has 0 unspecified atom stereocenters. The molecule has 152 valence electrons. The first-order valence-corrected chi connectivity index (χ1v) is 8.88. The number of primary amides is 1. The lowest BCUT2D eigenvalue weighted by Gasteiger charge is -2.29. The van der Waals surface area contributed by atoms with Crippen molar-refractivity contribution in [3.05, 3.63) is 57.0 Å². The number of carbonyl (C=O) groups excluding carboxylic acids is 2. The maximum Gasteiger partial charge on any atom is 0.332 e. The highest BCUT2D eigenvalue weighted by Crippen LogP contribution is 2.39. The van der Waals surface area contributed by atoms with E-state index in [1.807, 2.05) is 13.8 Å². The number of carbonyl (C=O) groups is 2. The summed E-state index contributed by atoms with van der Waals surface area (Å²) in [6.45, 7) is 5.77. The predicted octanol–water partition coefficient (Wildman–Crippen LogP) is 3.09. The zero-order chi connectivity index (χ0) is 21.3. The molecule has 10 heteroatoms. The number of fused-ring (bicyclic) bond motifs is 1. The van der Waals surface area contributed by atoms with Crippen LogP contribution >= 0.6 is 0 Å². The van der Waals surface area contributed by atoms with Crippen molar-refractivity contribution >= 4 is 29.0 Å². The molecule has 0 fully saturated rings. The predicted molar refractivity (Wildman–Crippen MR) is 106 cm³/mol. The molecule has 3 rings (SSSR count). The molecule has 4 N–H and O–H groups in total. The van der Waals surface area contributed by atoms with Crippen molar-refractivity contribution in [1.82, 2.24) is 5.43 Å². The van der Waals surface area contributed by atoms with E-state index in [0.29, 0.717) is 35.4 Å². The van der Waals surface area contributed by atoms with Crippen LogP contribution in [0, 0.1) is 22.5 Å². The summed E-state index contributed by atoms with van der Waals surface area (Å²) in [7, 11) is 0. The van der Waals surface area contributed by atoms with E-state index in [-0.39, 0.29) is 22.6 Å². The number of rotatable bonds is 4. The van der Waals surface area contributed by atoms with Gasteiger partial charge in [-0.1, -0.05) is 19.9 Å². The third-order valence-corrected chi connectivity index (χ3v) is 4.62. The van der Waals surface area contributed by atoms with Crippen LogP contribution < -0.4 is 16.5 Å². The van der Waals surface area contributed by atoms with E-state index in [2.05, 4.69) is 15.8 Å². The highest BCUT2D eigenvalue weighted by atomic mass is 16.6. The molecule has 2 aromatic rings. The van der Waals surface area contributed by atoms with Crippen LogP contribution in [0.3, 0.4) is 0 Å². The van der Waals surface area contributed by atoms with Gasteiger partial charge in [-0.05, 0) is 24.8 Å². The smallest absolute Gasteiger partial charge is 0.332 e. The molecule has 0 saturated heterocycles.